The van der Waals surface area contributed by atoms with Gasteiger partial charge in [0.05, 0.1) is 13.2 Å². The molecular formula is C19H28N2O8P+. The Morgan fingerprint density at radius 2 is 1.70 bits per heavy atom. The van der Waals surface area contributed by atoms with Crippen molar-refractivity contribution >= 4 is 26.2 Å². The van der Waals surface area contributed by atoms with Gasteiger partial charge in [-0.05, 0) is 37.8 Å². The second-order valence-corrected chi connectivity index (χ2v) is 8.64. The van der Waals surface area contributed by atoms with Crippen LogP contribution in [0.4, 0.5) is 9.59 Å². The fourth-order valence-electron chi connectivity index (χ4n) is 2.49. The summed E-state index contributed by atoms with van der Waals surface area (Å²) in [5, 5.41) is 4.65. The van der Waals surface area contributed by atoms with E-state index >= 15 is 0 Å². The average Bonchev–Trinajstić information content (AvgIpc) is 2.64. The third-order valence-corrected chi connectivity index (χ3v) is 5.05. The summed E-state index contributed by atoms with van der Waals surface area (Å²) in [6.07, 6.45) is -1.83. The number of hydrogen-bond acceptors (Lipinski definition) is 7. The van der Waals surface area contributed by atoms with E-state index in [0.29, 0.717) is 0 Å². The highest BCUT2D eigenvalue weighted by molar-refractivity contribution is 7.39. The zero-order chi connectivity index (χ0) is 22.9. The standard InChI is InChI=1S/C19H27N2O8P/c1-12(20-17(23)28-11-13-9-7-6-8-10-13)15(30(25)26)14(16(22)27-5)21-18(24)29-19(2,3)4/h6-10,12,14-15H,11H2,1-5H3,(H2-,20,21,23,24,25,26)/p+1. The number of alkyl carbamates (subject to hydrolysis) is 2. The largest absolute Gasteiger partial charge is 0.513 e. The molecule has 10 nitrogen and oxygen atoms in total. The first kappa shape index (κ1) is 25.3. The maximum Gasteiger partial charge on any atom is 0.513 e. The molecule has 0 spiro atoms. The van der Waals surface area contributed by atoms with Crippen molar-refractivity contribution in [2.45, 2.75) is 57.6 Å². The Balaban J connectivity index is 2.86. The van der Waals surface area contributed by atoms with Crippen LogP contribution in [0.2, 0.25) is 0 Å². The molecule has 166 valence electrons. The van der Waals surface area contributed by atoms with Crippen LogP contribution in [0.5, 0.6) is 0 Å². The summed E-state index contributed by atoms with van der Waals surface area (Å²) in [4.78, 5) is 46.1. The number of esters is 1. The molecule has 0 heterocycles. The summed E-state index contributed by atoms with van der Waals surface area (Å²) >= 11 is 0. The lowest BCUT2D eigenvalue weighted by Crippen LogP contribution is -2.56. The van der Waals surface area contributed by atoms with E-state index in [1.807, 2.05) is 6.07 Å². The minimum Gasteiger partial charge on any atom is -0.467 e. The lowest BCUT2D eigenvalue weighted by molar-refractivity contribution is -0.143. The Bertz CT molecular complexity index is 751. The van der Waals surface area contributed by atoms with Gasteiger partial charge in [-0.3, -0.25) is 0 Å². The number of amides is 2. The smallest absolute Gasteiger partial charge is 0.467 e. The number of methoxy groups -OCH3 is 1. The van der Waals surface area contributed by atoms with Gasteiger partial charge in [0.2, 0.25) is 5.66 Å². The SMILES string of the molecule is COC(=O)C(NC(=O)OC(C)(C)C)C(C(C)NC(=O)OCc1ccccc1)[P+](=O)O. The van der Waals surface area contributed by atoms with E-state index in [2.05, 4.69) is 15.4 Å². The van der Waals surface area contributed by atoms with Crippen molar-refractivity contribution in [3.05, 3.63) is 35.9 Å². The third kappa shape index (κ3) is 8.75. The maximum atomic E-state index is 12.2. The van der Waals surface area contributed by atoms with E-state index in [0.717, 1.165) is 12.7 Å². The zero-order valence-electron chi connectivity index (χ0n) is 17.6. The molecule has 2 amide bonds. The van der Waals surface area contributed by atoms with Crippen LogP contribution in [-0.4, -0.2) is 53.5 Å². The predicted molar refractivity (Wildman–Crippen MR) is 108 cm³/mol. The van der Waals surface area contributed by atoms with E-state index in [9.17, 15) is 23.8 Å². The first-order valence-corrected chi connectivity index (χ1v) is 10.4. The van der Waals surface area contributed by atoms with Gasteiger partial charge in [-0.1, -0.05) is 30.3 Å². The average molecular weight is 443 g/mol. The van der Waals surface area contributed by atoms with E-state index in [-0.39, 0.29) is 6.61 Å². The van der Waals surface area contributed by atoms with Crippen molar-refractivity contribution in [1.82, 2.24) is 10.6 Å². The molecule has 11 heteroatoms. The molecule has 4 atom stereocenters. The van der Waals surface area contributed by atoms with Gasteiger partial charge in [-0.15, -0.1) is 0 Å². The Hall–Kier alpha value is -2.71. The summed E-state index contributed by atoms with van der Waals surface area (Å²) in [6, 6.07) is 6.36. The van der Waals surface area contributed by atoms with Gasteiger partial charge in [0.1, 0.15) is 12.2 Å². The third-order valence-electron chi connectivity index (χ3n) is 3.79. The predicted octanol–water partition coefficient (Wildman–Crippen LogP) is 2.47. The van der Waals surface area contributed by atoms with Crippen LogP contribution >= 0.6 is 8.03 Å². The van der Waals surface area contributed by atoms with Crippen molar-refractivity contribution < 1.29 is 38.1 Å². The van der Waals surface area contributed by atoms with Crippen molar-refractivity contribution in [1.29, 1.82) is 0 Å². The molecule has 3 N–H and O–H groups in total. The van der Waals surface area contributed by atoms with Gasteiger partial charge in [0, 0.05) is 0 Å². The summed E-state index contributed by atoms with van der Waals surface area (Å²) in [5.74, 6) is -0.963. The first-order valence-electron chi connectivity index (χ1n) is 9.14. The van der Waals surface area contributed by atoms with Crippen LogP contribution < -0.4 is 10.6 Å². The molecule has 1 aromatic rings. The highest BCUT2D eigenvalue weighted by atomic mass is 31.1. The molecule has 1 aromatic carbocycles. The molecule has 0 aliphatic carbocycles. The molecule has 0 bridgehead atoms. The lowest BCUT2D eigenvalue weighted by atomic mass is 10.1. The number of carbonyl (C=O) groups is 3. The van der Waals surface area contributed by atoms with E-state index in [4.69, 9.17) is 9.47 Å². The Kier molecular flexibility index (Phi) is 9.68. The van der Waals surface area contributed by atoms with Crippen LogP contribution in [0.15, 0.2) is 30.3 Å². The zero-order valence-corrected chi connectivity index (χ0v) is 18.5. The molecule has 0 aromatic heterocycles. The number of nitrogens with one attached hydrogen (secondary N) is 2. The summed E-state index contributed by atoms with van der Waals surface area (Å²) in [7, 11) is -1.95. The molecule has 0 saturated carbocycles. The molecule has 0 radical (unpaired) electrons. The highest BCUT2D eigenvalue weighted by Gasteiger charge is 2.48. The first-order chi connectivity index (χ1) is 13.9. The fraction of sp³-hybridized carbons (Fsp3) is 0.526. The van der Waals surface area contributed by atoms with E-state index in [1.54, 1.807) is 45.0 Å². The van der Waals surface area contributed by atoms with E-state index in [1.165, 1.54) is 6.92 Å². The molecule has 1 rings (SSSR count). The van der Waals surface area contributed by atoms with Crippen molar-refractivity contribution in [3.8, 4) is 0 Å². The normalized spacial score (nSPS) is 14.5. The molecule has 0 saturated heterocycles. The van der Waals surface area contributed by atoms with Gasteiger partial charge in [0.25, 0.3) is 0 Å². The minimum atomic E-state index is -3.02. The van der Waals surface area contributed by atoms with Gasteiger partial charge >= 0.3 is 26.2 Å². The molecule has 0 aliphatic rings. The molecule has 30 heavy (non-hydrogen) atoms. The molecule has 0 fully saturated rings. The summed E-state index contributed by atoms with van der Waals surface area (Å²) < 4.78 is 26.8. The van der Waals surface area contributed by atoms with Gasteiger partial charge in [-0.2, -0.15) is 4.89 Å². The van der Waals surface area contributed by atoms with Crippen molar-refractivity contribution in [2.75, 3.05) is 7.11 Å². The second-order valence-electron chi connectivity index (χ2n) is 7.43. The summed E-state index contributed by atoms with van der Waals surface area (Å²) in [5.41, 5.74) is -1.50. The number of carbonyl (C=O) groups excluding carboxylic acids is 3. The minimum absolute atomic E-state index is 0.00803. The van der Waals surface area contributed by atoms with Crippen LogP contribution in [0, 0.1) is 0 Å². The number of rotatable bonds is 8. The number of hydrogen-bond donors (Lipinski definition) is 3. The topological polar surface area (TPSA) is 140 Å². The molecule has 0 aliphatic heterocycles. The van der Waals surface area contributed by atoms with Gasteiger partial charge in [0.15, 0.2) is 6.04 Å². The number of benzene rings is 1. The second kappa shape index (κ2) is 11.5. The van der Waals surface area contributed by atoms with Crippen LogP contribution in [-0.2, 0) is 30.2 Å². The fourth-order valence-corrected chi connectivity index (χ4v) is 3.40. The quantitative estimate of drug-likeness (QED) is 0.316. The number of ether oxygens (including phenoxy) is 3. The molecular weight excluding hydrogens is 415 g/mol. The van der Waals surface area contributed by atoms with Gasteiger partial charge < -0.3 is 24.8 Å². The monoisotopic (exact) mass is 443 g/mol. The van der Waals surface area contributed by atoms with E-state index < -0.39 is 49.5 Å². The highest BCUT2D eigenvalue weighted by Crippen LogP contribution is 2.29. The Morgan fingerprint density at radius 1 is 1.10 bits per heavy atom. The summed E-state index contributed by atoms with van der Waals surface area (Å²) in [6.45, 7) is 6.26. The maximum absolute atomic E-state index is 12.2. The van der Waals surface area contributed by atoms with Crippen LogP contribution in [0.25, 0.3) is 0 Å². The van der Waals surface area contributed by atoms with Crippen LogP contribution in [0.1, 0.15) is 33.3 Å². The van der Waals surface area contributed by atoms with Crippen molar-refractivity contribution in [3.63, 3.8) is 0 Å². The van der Waals surface area contributed by atoms with Crippen LogP contribution in [0.3, 0.4) is 0 Å². The Morgan fingerprint density at radius 3 is 2.20 bits per heavy atom. The van der Waals surface area contributed by atoms with Gasteiger partial charge in [-0.25, -0.2) is 14.4 Å². The van der Waals surface area contributed by atoms with Crippen molar-refractivity contribution in [2.24, 2.45) is 0 Å². The lowest BCUT2D eigenvalue weighted by Gasteiger charge is -2.25. The Labute approximate surface area is 176 Å². The molecule has 4 unspecified atom stereocenters.